The lowest BCUT2D eigenvalue weighted by atomic mass is 10.2. The fraction of sp³-hybridized carbons (Fsp3) is 0.227. The van der Waals surface area contributed by atoms with E-state index in [9.17, 15) is 24.0 Å². The van der Waals surface area contributed by atoms with Gasteiger partial charge in [0.25, 0.3) is 11.8 Å². The summed E-state index contributed by atoms with van der Waals surface area (Å²) < 4.78 is 5.13. The van der Waals surface area contributed by atoms with E-state index in [0.29, 0.717) is 5.06 Å². The van der Waals surface area contributed by atoms with Gasteiger partial charge in [0, 0.05) is 12.8 Å². The molecule has 0 aliphatic carbocycles. The molecule has 172 valence electrons. The zero-order valence-corrected chi connectivity index (χ0v) is 17.4. The molecule has 1 aliphatic rings. The van der Waals surface area contributed by atoms with Gasteiger partial charge in [-0.1, -0.05) is 48.5 Å². The van der Waals surface area contributed by atoms with Crippen LogP contribution in [0.15, 0.2) is 60.7 Å². The second kappa shape index (κ2) is 10.9. The minimum atomic E-state index is -1.42. The van der Waals surface area contributed by atoms with Gasteiger partial charge in [0.1, 0.15) is 12.6 Å². The maximum absolute atomic E-state index is 12.6. The third-order valence-electron chi connectivity index (χ3n) is 4.47. The number of hydroxylamine groups is 4. The lowest BCUT2D eigenvalue weighted by Crippen LogP contribution is -2.48. The highest BCUT2D eigenvalue weighted by atomic mass is 16.8. The molecule has 2 aromatic carbocycles. The summed E-state index contributed by atoms with van der Waals surface area (Å²) in [5.41, 5.74) is 6.65. The Morgan fingerprint density at radius 1 is 0.939 bits per heavy atom. The monoisotopic (exact) mass is 455 g/mol. The van der Waals surface area contributed by atoms with Crippen molar-refractivity contribution in [2.75, 3.05) is 6.54 Å². The number of hydrogen-bond donors (Lipinski definition) is 1. The van der Waals surface area contributed by atoms with E-state index in [2.05, 4.69) is 0 Å². The molecular weight excluding hydrogens is 434 g/mol. The number of nitrogens with zero attached hydrogens (tertiary/aromatic N) is 2. The third-order valence-corrected chi connectivity index (χ3v) is 4.47. The quantitative estimate of drug-likeness (QED) is 0.371. The molecule has 1 unspecified atom stereocenters. The molecule has 0 aromatic heterocycles. The van der Waals surface area contributed by atoms with Crippen molar-refractivity contribution in [3.05, 3.63) is 71.8 Å². The summed E-state index contributed by atoms with van der Waals surface area (Å²) in [5.74, 6) is -3.28. The number of carbonyl (C=O) groups excluding carboxylic acids is 5. The number of imide groups is 1. The normalized spacial score (nSPS) is 13.9. The van der Waals surface area contributed by atoms with E-state index in [1.54, 1.807) is 48.5 Å². The number of rotatable bonds is 7. The Kier molecular flexibility index (Phi) is 7.71. The molecule has 2 N–H and O–H groups in total. The molecule has 1 saturated heterocycles. The molecule has 3 amide bonds. The molecule has 1 atom stereocenters. The van der Waals surface area contributed by atoms with Crippen LogP contribution >= 0.6 is 0 Å². The minimum absolute atomic E-state index is 0.0571. The fourth-order valence-electron chi connectivity index (χ4n) is 2.75. The average Bonchev–Trinajstić information content (AvgIpc) is 3.15. The molecule has 0 spiro atoms. The zero-order valence-electron chi connectivity index (χ0n) is 17.4. The Labute approximate surface area is 188 Å². The molecule has 33 heavy (non-hydrogen) atoms. The summed E-state index contributed by atoms with van der Waals surface area (Å²) in [6.07, 6.45) is -1.63. The van der Waals surface area contributed by atoms with Crippen molar-refractivity contribution in [2.24, 2.45) is 5.73 Å². The SMILES string of the molecule is NC(CN(OC(=O)c1ccccc1)C(=O)ON1C(=O)CCC1=O)C(=O)OCc1ccccc1. The predicted octanol–water partition coefficient (Wildman–Crippen LogP) is 1.33. The van der Waals surface area contributed by atoms with E-state index in [4.69, 9.17) is 20.1 Å². The van der Waals surface area contributed by atoms with Crippen LogP contribution in [0.4, 0.5) is 4.79 Å². The van der Waals surface area contributed by atoms with Crippen molar-refractivity contribution in [1.82, 2.24) is 10.1 Å². The van der Waals surface area contributed by atoms with Crippen LogP contribution in [0.5, 0.6) is 0 Å². The number of hydrogen-bond acceptors (Lipinski definition) is 9. The van der Waals surface area contributed by atoms with Crippen LogP contribution in [0.25, 0.3) is 0 Å². The van der Waals surface area contributed by atoms with Gasteiger partial charge in [0.2, 0.25) is 0 Å². The molecule has 11 heteroatoms. The zero-order chi connectivity index (χ0) is 23.8. The van der Waals surface area contributed by atoms with Gasteiger partial charge >= 0.3 is 18.0 Å². The Bertz CT molecular complexity index is 1010. The summed E-state index contributed by atoms with van der Waals surface area (Å²) in [4.78, 5) is 70.6. The average molecular weight is 455 g/mol. The van der Waals surface area contributed by atoms with Crippen LogP contribution in [-0.4, -0.2) is 52.6 Å². The van der Waals surface area contributed by atoms with Crippen LogP contribution < -0.4 is 5.73 Å². The first kappa shape index (κ1) is 23.4. The molecule has 11 nitrogen and oxygen atoms in total. The maximum Gasteiger partial charge on any atom is 0.468 e. The summed E-state index contributed by atoms with van der Waals surface area (Å²) >= 11 is 0. The molecule has 2 aromatic rings. The lowest BCUT2D eigenvalue weighted by molar-refractivity contribution is -0.184. The molecule has 3 rings (SSSR count). The Morgan fingerprint density at radius 2 is 1.52 bits per heavy atom. The third kappa shape index (κ3) is 6.37. The van der Waals surface area contributed by atoms with Gasteiger partial charge in [0.15, 0.2) is 0 Å². The Morgan fingerprint density at radius 3 is 2.12 bits per heavy atom. The van der Waals surface area contributed by atoms with Gasteiger partial charge in [-0.3, -0.25) is 14.4 Å². The molecule has 1 aliphatic heterocycles. The summed E-state index contributed by atoms with van der Waals surface area (Å²) in [6.45, 7) is -0.709. The Hall–Kier alpha value is -4.25. The van der Waals surface area contributed by atoms with Crippen molar-refractivity contribution in [3.8, 4) is 0 Å². The topological polar surface area (TPSA) is 146 Å². The second-order valence-corrected chi connectivity index (χ2v) is 6.94. The minimum Gasteiger partial charge on any atom is -0.460 e. The lowest BCUT2D eigenvalue weighted by Gasteiger charge is -2.24. The van der Waals surface area contributed by atoms with Gasteiger partial charge in [-0.05, 0) is 17.7 Å². The first-order valence-corrected chi connectivity index (χ1v) is 9.94. The number of benzene rings is 2. The van der Waals surface area contributed by atoms with Crippen LogP contribution in [0.1, 0.15) is 28.8 Å². The maximum atomic E-state index is 12.6. The van der Waals surface area contributed by atoms with Crippen LogP contribution in [0, 0.1) is 0 Å². The summed E-state index contributed by atoms with van der Waals surface area (Å²) in [6, 6.07) is 15.1. The highest BCUT2D eigenvalue weighted by Gasteiger charge is 2.36. The number of esters is 1. The van der Waals surface area contributed by atoms with Gasteiger partial charge in [-0.15, -0.1) is 10.1 Å². The van der Waals surface area contributed by atoms with E-state index < -0.39 is 42.4 Å². The van der Waals surface area contributed by atoms with E-state index >= 15 is 0 Å². The van der Waals surface area contributed by atoms with Crippen molar-refractivity contribution in [3.63, 3.8) is 0 Å². The number of amides is 3. The van der Waals surface area contributed by atoms with Crippen molar-refractivity contribution < 1.29 is 38.4 Å². The van der Waals surface area contributed by atoms with Crippen molar-refractivity contribution >= 4 is 29.8 Å². The molecule has 0 saturated carbocycles. The van der Waals surface area contributed by atoms with E-state index in [-0.39, 0.29) is 30.1 Å². The van der Waals surface area contributed by atoms with Crippen molar-refractivity contribution in [1.29, 1.82) is 0 Å². The molecule has 0 radical (unpaired) electrons. The first-order valence-electron chi connectivity index (χ1n) is 9.94. The summed E-state index contributed by atoms with van der Waals surface area (Å²) in [5, 5.41) is 0.646. The van der Waals surface area contributed by atoms with Crippen LogP contribution in [0.3, 0.4) is 0 Å². The smallest absolute Gasteiger partial charge is 0.460 e. The largest absolute Gasteiger partial charge is 0.468 e. The number of carbonyl (C=O) groups is 5. The standard InChI is InChI=1S/C22H21N3O8/c23-17(21(29)31-14-15-7-3-1-4-8-15)13-24(32-20(28)16-9-5-2-6-10-16)22(30)33-25-18(26)11-12-19(25)27/h1-10,17H,11-14,23H2. The highest BCUT2D eigenvalue weighted by Crippen LogP contribution is 2.14. The Balaban J connectivity index is 1.67. The molecule has 0 bridgehead atoms. The van der Waals surface area contributed by atoms with Gasteiger partial charge in [-0.2, -0.15) is 0 Å². The van der Waals surface area contributed by atoms with Crippen LogP contribution in [-0.2, 0) is 35.4 Å². The second-order valence-electron chi connectivity index (χ2n) is 6.94. The van der Waals surface area contributed by atoms with Gasteiger partial charge in [-0.25, -0.2) is 9.59 Å². The van der Waals surface area contributed by atoms with E-state index in [1.807, 2.05) is 0 Å². The van der Waals surface area contributed by atoms with E-state index in [1.165, 1.54) is 12.1 Å². The molecule has 1 fully saturated rings. The van der Waals surface area contributed by atoms with Crippen LogP contribution in [0.2, 0.25) is 0 Å². The van der Waals surface area contributed by atoms with Gasteiger partial charge in [0.05, 0.1) is 12.1 Å². The molecule has 1 heterocycles. The predicted molar refractivity (Wildman–Crippen MR) is 110 cm³/mol. The first-order chi connectivity index (χ1) is 15.8. The molecular formula is C22H21N3O8. The van der Waals surface area contributed by atoms with Crippen molar-refractivity contribution in [2.45, 2.75) is 25.5 Å². The highest BCUT2D eigenvalue weighted by molar-refractivity contribution is 6.01. The summed E-state index contributed by atoms with van der Waals surface area (Å²) in [7, 11) is 0. The fourth-order valence-corrected chi connectivity index (χ4v) is 2.75. The number of nitrogens with two attached hydrogens (primary N) is 1. The number of ether oxygens (including phenoxy) is 1. The van der Waals surface area contributed by atoms with E-state index in [0.717, 1.165) is 5.56 Å². The van der Waals surface area contributed by atoms with Gasteiger partial charge < -0.3 is 20.1 Å².